The number of amides is 1. The van der Waals surface area contributed by atoms with Gasteiger partial charge in [-0.15, -0.1) is 0 Å². The number of aryl methyl sites for hydroxylation is 1. The Hall–Kier alpha value is -1.03. The van der Waals surface area contributed by atoms with Crippen LogP contribution in [-0.2, 0) is 0 Å². The number of methoxy groups -OCH3 is 1. The molecule has 1 aromatic carbocycles. The van der Waals surface area contributed by atoms with Crippen LogP contribution in [0, 0.1) is 6.92 Å². The zero-order valence-electron chi connectivity index (χ0n) is 10.7. The van der Waals surface area contributed by atoms with Gasteiger partial charge in [0.2, 0.25) is 0 Å². The van der Waals surface area contributed by atoms with Gasteiger partial charge in [-0.25, -0.2) is 0 Å². The lowest BCUT2D eigenvalue weighted by molar-refractivity contribution is 0.0938. The highest BCUT2D eigenvalue weighted by Crippen LogP contribution is 2.26. The monoisotopic (exact) mass is 311 g/mol. The van der Waals surface area contributed by atoms with Crippen molar-refractivity contribution in [1.82, 2.24) is 5.32 Å². The maximum absolute atomic E-state index is 12.1. The summed E-state index contributed by atoms with van der Waals surface area (Å²) in [5.74, 6) is 0.731. The fourth-order valence-electron chi connectivity index (χ4n) is 2.29. The van der Waals surface area contributed by atoms with E-state index >= 15 is 0 Å². The van der Waals surface area contributed by atoms with Crippen LogP contribution in [0.1, 0.15) is 35.2 Å². The lowest BCUT2D eigenvalue weighted by atomic mass is 10.1. The molecule has 1 N–H and O–H groups in total. The van der Waals surface area contributed by atoms with E-state index in [9.17, 15) is 4.79 Å². The van der Waals surface area contributed by atoms with Crippen LogP contribution in [-0.4, -0.2) is 23.9 Å². The number of ether oxygens (including phenoxy) is 1. The van der Waals surface area contributed by atoms with E-state index in [1.807, 2.05) is 19.1 Å². The minimum absolute atomic E-state index is 0.0235. The van der Waals surface area contributed by atoms with Crippen LogP contribution in [0.15, 0.2) is 18.2 Å². The van der Waals surface area contributed by atoms with Gasteiger partial charge in [0, 0.05) is 16.4 Å². The number of alkyl halides is 1. The predicted molar refractivity (Wildman–Crippen MR) is 75.6 cm³/mol. The van der Waals surface area contributed by atoms with Crippen molar-refractivity contribution in [2.24, 2.45) is 0 Å². The Labute approximate surface area is 116 Å². The van der Waals surface area contributed by atoms with Crippen molar-refractivity contribution in [2.45, 2.75) is 37.1 Å². The molecule has 2 unspecified atom stereocenters. The molecule has 1 aromatic rings. The number of benzene rings is 1. The minimum atomic E-state index is -0.0235. The summed E-state index contributed by atoms with van der Waals surface area (Å²) in [5.41, 5.74) is 1.69. The number of hydrogen-bond acceptors (Lipinski definition) is 2. The molecule has 1 fully saturated rings. The summed E-state index contributed by atoms with van der Waals surface area (Å²) >= 11 is 3.61. The topological polar surface area (TPSA) is 38.3 Å². The van der Waals surface area contributed by atoms with Crippen LogP contribution in [0.4, 0.5) is 0 Å². The third-order valence-electron chi connectivity index (χ3n) is 3.42. The highest BCUT2D eigenvalue weighted by Gasteiger charge is 2.26. The maximum Gasteiger partial charge on any atom is 0.251 e. The molecule has 2 rings (SSSR count). The van der Waals surface area contributed by atoms with E-state index in [0.717, 1.165) is 30.6 Å². The van der Waals surface area contributed by atoms with Gasteiger partial charge in [0.15, 0.2) is 0 Å². The second kappa shape index (κ2) is 5.74. The zero-order chi connectivity index (χ0) is 13.1. The summed E-state index contributed by atoms with van der Waals surface area (Å²) in [5, 5.41) is 3.07. The molecule has 1 aliphatic carbocycles. The summed E-state index contributed by atoms with van der Waals surface area (Å²) in [6.45, 7) is 1.96. The van der Waals surface area contributed by atoms with Crippen LogP contribution in [0.3, 0.4) is 0 Å². The quantitative estimate of drug-likeness (QED) is 0.871. The highest BCUT2D eigenvalue weighted by atomic mass is 79.9. The maximum atomic E-state index is 12.1. The molecule has 1 aliphatic rings. The predicted octanol–water partition coefficient (Wildman–Crippen LogP) is 3.05. The third-order valence-corrected chi connectivity index (χ3v) is 4.51. The van der Waals surface area contributed by atoms with Crippen molar-refractivity contribution in [1.29, 1.82) is 0 Å². The van der Waals surface area contributed by atoms with Crippen molar-refractivity contribution in [3.63, 3.8) is 0 Å². The first kappa shape index (κ1) is 13.4. The van der Waals surface area contributed by atoms with Crippen molar-refractivity contribution < 1.29 is 9.53 Å². The Balaban J connectivity index is 2.09. The van der Waals surface area contributed by atoms with Crippen molar-refractivity contribution >= 4 is 21.8 Å². The van der Waals surface area contributed by atoms with Gasteiger partial charge in [-0.3, -0.25) is 4.79 Å². The van der Waals surface area contributed by atoms with Gasteiger partial charge in [0.05, 0.1) is 7.11 Å². The molecule has 98 valence electrons. The number of halogens is 1. The zero-order valence-corrected chi connectivity index (χ0v) is 12.3. The normalized spacial score (nSPS) is 22.8. The van der Waals surface area contributed by atoms with E-state index in [0.29, 0.717) is 10.4 Å². The van der Waals surface area contributed by atoms with Gasteiger partial charge in [0.1, 0.15) is 5.75 Å². The average molecular weight is 312 g/mol. The van der Waals surface area contributed by atoms with Crippen molar-refractivity contribution in [3.05, 3.63) is 29.3 Å². The molecule has 0 aliphatic heterocycles. The van der Waals surface area contributed by atoms with E-state index in [4.69, 9.17) is 4.74 Å². The summed E-state index contributed by atoms with van der Waals surface area (Å²) in [6, 6.07) is 5.78. The molecule has 18 heavy (non-hydrogen) atoms. The van der Waals surface area contributed by atoms with E-state index < -0.39 is 0 Å². The number of carbonyl (C=O) groups is 1. The first-order valence-electron chi connectivity index (χ1n) is 6.21. The Bertz CT molecular complexity index is 447. The SMILES string of the molecule is COc1cc(C(=O)NC2CCCC2Br)ccc1C. The summed E-state index contributed by atoms with van der Waals surface area (Å²) in [4.78, 5) is 12.5. The van der Waals surface area contributed by atoms with E-state index in [1.165, 1.54) is 0 Å². The molecule has 0 bridgehead atoms. The Morgan fingerprint density at radius 2 is 2.22 bits per heavy atom. The van der Waals surface area contributed by atoms with Gasteiger partial charge in [-0.05, 0) is 37.5 Å². The first-order chi connectivity index (χ1) is 8.61. The highest BCUT2D eigenvalue weighted by molar-refractivity contribution is 9.09. The van der Waals surface area contributed by atoms with Crippen LogP contribution in [0.2, 0.25) is 0 Å². The molecule has 1 amide bonds. The molecule has 0 radical (unpaired) electrons. The molecule has 0 spiro atoms. The third kappa shape index (κ3) is 2.86. The summed E-state index contributed by atoms with van der Waals surface area (Å²) in [6.07, 6.45) is 3.34. The lowest BCUT2D eigenvalue weighted by Crippen LogP contribution is -2.37. The number of nitrogens with one attached hydrogen (secondary N) is 1. The number of hydrogen-bond donors (Lipinski definition) is 1. The smallest absolute Gasteiger partial charge is 0.251 e. The summed E-state index contributed by atoms with van der Waals surface area (Å²) in [7, 11) is 1.62. The molecule has 2 atom stereocenters. The van der Waals surface area contributed by atoms with Crippen LogP contribution in [0.25, 0.3) is 0 Å². The van der Waals surface area contributed by atoms with Crippen LogP contribution in [0.5, 0.6) is 5.75 Å². The molecular weight excluding hydrogens is 294 g/mol. The Kier molecular flexibility index (Phi) is 4.27. The van der Waals surface area contributed by atoms with Gasteiger partial charge in [0.25, 0.3) is 5.91 Å². The molecule has 3 nitrogen and oxygen atoms in total. The fraction of sp³-hybridized carbons (Fsp3) is 0.500. The van der Waals surface area contributed by atoms with E-state index in [2.05, 4.69) is 21.2 Å². The average Bonchev–Trinajstić information content (AvgIpc) is 2.75. The van der Waals surface area contributed by atoms with Crippen molar-refractivity contribution in [2.75, 3.05) is 7.11 Å². The van der Waals surface area contributed by atoms with Crippen molar-refractivity contribution in [3.8, 4) is 5.75 Å². The van der Waals surface area contributed by atoms with Crippen LogP contribution < -0.4 is 10.1 Å². The van der Waals surface area contributed by atoms with Gasteiger partial charge in [-0.1, -0.05) is 28.4 Å². The Morgan fingerprint density at radius 3 is 2.83 bits per heavy atom. The lowest BCUT2D eigenvalue weighted by Gasteiger charge is -2.16. The molecule has 1 saturated carbocycles. The molecular formula is C14H18BrNO2. The minimum Gasteiger partial charge on any atom is -0.496 e. The number of rotatable bonds is 3. The van der Waals surface area contributed by atoms with Gasteiger partial charge >= 0.3 is 0 Å². The Morgan fingerprint density at radius 1 is 1.44 bits per heavy atom. The van der Waals surface area contributed by atoms with E-state index in [1.54, 1.807) is 13.2 Å². The summed E-state index contributed by atoms with van der Waals surface area (Å²) < 4.78 is 5.24. The second-order valence-electron chi connectivity index (χ2n) is 4.71. The van der Waals surface area contributed by atoms with Crippen LogP contribution >= 0.6 is 15.9 Å². The molecule has 0 aromatic heterocycles. The first-order valence-corrected chi connectivity index (χ1v) is 7.13. The molecule has 4 heteroatoms. The number of carbonyl (C=O) groups excluding carboxylic acids is 1. The van der Waals surface area contributed by atoms with Gasteiger partial charge < -0.3 is 10.1 Å². The van der Waals surface area contributed by atoms with E-state index in [-0.39, 0.29) is 11.9 Å². The fourth-order valence-corrected chi connectivity index (χ4v) is 3.01. The second-order valence-corrected chi connectivity index (χ2v) is 5.89. The van der Waals surface area contributed by atoms with Gasteiger partial charge in [-0.2, -0.15) is 0 Å². The standard InChI is InChI=1S/C14H18BrNO2/c1-9-6-7-10(8-13(9)18-2)14(17)16-12-5-3-4-11(12)15/h6-8,11-12H,3-5H2,1-2H3,(H,16,17). The largest absolute Gasteiger partial charge is 0.496 e. The molecule has 0 heterocycles. The molecule has 0 saturated heterocycles.